The van der Waals surface area contributed by atoms with Crippen LogP contribution in [0.25, 0.3) is 0 Å². The highest BCUT2D eigenvalue weighted by Crippen LogP contribution is 2.28. The molecule has 1 aromatic heterocycles. The van der Waals surface area contributed by atoms with E-state index in [-0.39, 0.29) is 0 Å². The van der Waals surface area contributed by atoms with E-state index in [1.165, 1.54) is 14.2 Å². The van der Waals surface area contributed by atoms with E-state index in [9.17, 15) is 9.59 Å². The Morgan fingerprint density at radius 2 is 1.74 bits per heavy atom. The van der Waals surface area contributed by atoms with Crippen LogP contribution < -0.4 is 20.1 Å². The molecule has 0 saturated carbocycles. The molecule has 23 heavy (non-hydrogen) atoms. The summed E-state index contributed by atoms with van der Waals surface area (Å²) < 4.78 is 10.2. The number of ether oxygens (including phenoxy) is 2. The Kier molecular flexibility index (Phi) is 5.14. The van der Waals surface area contributed by atoms with Crippen molar-refractivity contribution in [1.29, 1.82) is 0 Å². The molecule has 0 atom stereocenters. The van der Waals surface area contributed by atoms with Crippen LogP contribution in [-0.4, -0.2) is 31.0 Å². The molecule has 0 bridgehead atoms. The summed E-state index contributed by atoms with van der Waals surface area (Å²) in [5.74, 6) is -0.416. The normalized spacial score (nSPS) is 9.87. The van der Waals surface area contributed by atoms with Crippen molar-refractivity contribution in [2.45, 2.75) is 6.92 Å². The van der Waals surface area contributed by atoms with Crippen molar-refractivity contribution in [3.05, 3.63) is 42.1 Å². The zero-order valence-corrected chi connectivity index (χ0v) is 13.0. The molecule has 0 spiro atoms. The minimum atomic E-state index is -0.834. The molecule has 0 aliphatic rings. The lowest BCUT2D eigenvalue weighted by atomic mass is 10.2. The summed E-state index contributed by atoms with van der Waals surface area (Å²) in [6, 6.07) is 8.28. The van der Waals surface area contributed by atoms with Gasteiger partial charge in [0.25, 0.3) is 0 Å². The van der Waals surface area contributed by atoms with E-state index in [1.807, 2.05) is 6.92 Å². The van der Waals surface area contributed by atoms with Gasteiger partial charge in [0.05, 0.1) is 19.9 Å². The van der Waals surface area contributed by atoms with Crippen LogP contribution in [0.15, 0.2) is 36.5 Å². The molecule has 0 unspecified atom stereocenters. The lowest BCUT2D eigenvalue weighted by Crippen LogP contribution is -2.29. The van der Waals surface area contributed by atoms with Gasteiger partial charge in [0.1, 0.15) is 17.3 Å². The van der Waals surface area contributed by atoms with E-state index in [1.54, 1.807) is 36.5 Å². The molecule has 0 radical (unpaired) electrons. The Labute approximate surface area is 133 Å². The number of carbonyl (C=O) groups excluding carboxylic acids is 2. The summed E-state index contributed by atoms with van der Waals surface area (Å²) in [6.45, 7) is 1.88. The fourth-order valence-electron chi connectivity index (χ4n) is 1.81. The van der Waals surface area contributed by atoms with Crippen molar-refractivity contribution in [2.75, 3.05) is 24.9 Å². The fraction of sp³-hybridized carbons (Fsp3) is 0.188. The fourth-order valence-corrected chi connectivity index (χ4v) is 1.81. The number of hydrogen-bond acceptors (Lipinski definition) is 5. The molecule has 2 amide bonds. The number of nitrogens with zero attached hydrogens (tertiary/aromatic N) is 1. The number of aromatic nitrogens is 1. The predicted octanol–water partition coefficient (Wildman–Crippen LogP) is 1.98. The quantitative estimate of drug-likeness (QED) is 0.842. The van der Waals surface area contributed by atoms with Gasteiger partial charge in [-0.15, -0.1) is 0 Å². The highest BCUT2D eigenvalue weighted by Gasteiger charge is 2.17. The monoisotopic (exact) mass is 315 g/mol. The topological polar surface area (TPSA) is 89.5 Å². The second kappa shape index (κ2) is 7.26. The van der Waals surface area contributed by atoms with Gasteiger partial charge in [0.15, 0.2) is 0 Å². The molecule has 1 heterocycles. The zero-order valence-electron chi connectivity index (χ0n) is 13.0. The molecule has 120 valence electrons. The summed E-state index contributed by atoms with van der Waals surface area (Å²) in [5.41, 5.74) is 1.29. The van der Waals surface area contributed by atoms with E-state index in [2.05, 4.69) is 15.6 Å². The molecular weight excluding hydrogens is 298 g/mol. The minimum Gasteiger partial charge on any atom is -0.497 e. The number of methoxy groups -OCH3 is 2. The van der Waals surface area contributed by atoms with Gasteiger partial charge in [0.2, 0.25) is 0 Å². The molecule has 7 nitrogen and oxygen atoms in total. The lowest BCUT2D eigenvalue weighted by molar-refractivity contribution is -0.133. The van der Waals surface area contributed by atoms with E-state index >= 15 is 0 Å². The number of hydrogen-bond donors (Lipinski definition) is 2. The van der Waals surface area contributed by atoms with Crippen LogP contribution in [-0.2, 0) is 9.59 Å². The first kappa shape index (κ1) is 16.3. The Balaban J connectivity index is 2.08. The number of carbonyl (C=O) groups is 2. The molecule has 1 aromatic carbocycles. The van der Waals surface area contributed by atoms with Crippen molar-refractivity contribution < 1.29 is 19.1 Å². The van der Waals surface area contributed by atoms with Crippen molar-refractivity contribution in [3.63, 3.8) is 0 Å². The van der Waals surface area contributed by atoms with Crippen LogP contribution in [0, 0.1) is 6.92 Å². The van der Waals surface area contributed by atoms with E-state index in [4.69, 9.17) is 9.47 Å². The summed E-state index contributed by atoms with van der Waals surface area (Å²) in [6.07, 6.45) is 1.60. The zero-order chi connectivity index (χ0) is 16.8. The Hall–Kier alpha value is -3.09. The average molecular weight is 315 g/mol. The molecular formula is C16H17N3O4. The number of anilines is 2. The third kappa shape index (κ3) is 4.19. The first-order valence-electron chi connectivity index (χ1n) is 6.80. The van der Waals surface area contributed by atoms with Crippen LogP contribution in [0.2, 0.25) is 0 Å². The maximum atomic E-state index is 12.0. The third-order valence-corrected chi connectivity index (χ3v) is 3.01. The van der Waals surface area contributed by atoms with Crippen molar-refractivity contribution in [2.24, 2.45) is 0 Å². The molecule has 2 rings (SSSR count). The number of benzene rings is 1. The van der Waals surface area contributed by atoms with Gasteiger partial charge in [-0.1, -0.05) is 6.07 Å². The number of pyridine rings is 1. The number of rotatable bonds is 4. The molecule has 7 heteroatoms. The van der Waals surface area contributed by atoms with Crippen LogP contribution in [0.1, 0.15) is 5.56 Å². The number of amides is 2. The summed E-state index contributed by atoms with van der Waals surface area (Å²) in [7, 11) is 2.97. The number of aryl methyl sites for hydroxylation is 1. The van der Waals surface area contributed by atoms with E-state index in [0.717, 1.165) is 5.56 Å². The SMILES string of the molecule is COc1ccc(OC)c(NC(=O)C(=O)Nc2ccc(C)cn2)c1. The summed E-state index contributed by atoms with van der Waals surface area (Å²) in [4.78, 5) is 27.9. The van der Waals surface area contributed by atoms with Gasteiger partial charge < -0.3 is 20.1 Å². The van der Waals surface area contributed by atoms with Crippen molar-refractivity contribution >= 4 is 23.3 Å². The van der Waals surface area contributed by atoms with Crippen LogP contribution >= 0.6 is 0 Å². The molecule has 0 saturated heterocycles. The second-order valence-electron chi connectivity index (χ2n) is 4.70. The average Bonchev–Trinajstić information content (AvgIpc) is 2.56. The van der Waals surface area contributed by atoms with Gasteiger partial charge in [-0.25, -0.2) is 4.98 Å². The van der Waals surface area contributed by atoms with Gasteiger partial charge in [0, 0.05) is 12.3 Å². The van der Waals surface area contributed by atoms with Crippen LogP contribution in [0.4, 0.5) is 11.5 Å². The smallest absolute Gasteiger partial charge is 0.315 e. The van der Waals surface area contributed by atoms with Gasteiger partial charge >= 0.3 is 11.8 Å². The van der Waals surface area contributed by atoms with Crippen LogP contribution in [0.3, 0.4) is 0 Å². The van der Waals surface area contributed by atoms with E-state index in [0.29, 0.717) is 23.0 Å². The maximum absolute atomic E-state index is 12.0. The van der Waals surface area contributed by atoms with Crippen molar-refractivity contribution in [1.82, 2.24) is 4.98 Å². The molecule has 0 aliphatic heterocycles. The molecule has 0 aliphatic carbocycles. The van der Waals surface area contributed by atoms with Gasteiger partial charge in [-0.05, 0) is 30.7 Å². The lowest BCUT2D eigenvalue weighted by Gasteiger charge is -2.11. The summed E-state index contributed by atoms with van der Waals surface area (Å²) in [5, 5.41) is 4.90. The summed E-state index contributed by atoms with van der Waals surface area (Å²) >= 11 is 0. The standard InChI is InChI=1S/C16H17N3O4/c1-10-4-7-14(17-9-10)19-16(21)15(20)18-12-8-11(22-2)5-6-13(12)23-3/h4-9H,1-3H3,(H,18,20)(H,17,19,21). The first-order valence-corrected chi connectivity index (χ1v) is 6.80. The molecule has 2 aromatic rings. The Bertz CT molecular complexity index is 714. The highest BCUT2D eigenvalue weighted by molar-refractivity contribution is 6.43. The third-order valence-electron chi connectivity index (χ3n) is 3.01. The Morgan fingerprint density at radius 3 is 2.35 bits per heavy atom. The molecule has 0 fully saturated rings. The minimum absolute atomic E-state index is 0.299. The maximum Gasteiger partial charge on any atom is 0.315 e. The predicted molar refractivity (Wildman–Crippen MR) is 85.8 cm³/mol. The Morgan fingerprint density at radius 1 is 1.00 bits per heavy atom. The second-order valence-corrected chi connectivity index (χ2v) is 4.70. The van der Waals surface area contributed by atoms with Crippen LogP contribution in [0.5, 0.6) is 11.5 Å². The van der Waals surface area contributed by atoms with E-state index < -0.39 is 11.8 Å². The first-order chi connectivity index (χ1) is 11.0. The van der Waals surface area contributed by atoms with Crippen molar-refractivity contribution in [3.8, 4) is 11.5 Å². The van der Waals surface area contributed by atoms with Gasteiger partial charge in [-0.2, -0.15) is 0 Å². The highest BCUT2D eigenvalue weighted by atomic mass is 16.5. The largest absolute Gasteiger partial charge is 0.497 e. The molecule has 2 N–H and O–H groups in total. The van der Waals surface area contributed by atoms with Gasteiger partial charge in [-0.3, -0.25) is 9.59 Å². The number of nitrogens with one attached hydrogen (secondary N) is 2.